The second kappa shape index (κ2) is 9.15. The smallest absolute Gasteiger partial charge is 0.351 e. The van der Waals surface area contributed by atoms with Crippen LogP contribution in [0.15, 0.2) is 6.33 Å². The van der Waals surface area contributed by atoms with Gasteiger partial charge in [0.25, 0.3) is 0 Å². The van der Waals surface area contributed by atoms with E-state index in [4.69, 9.17) is 10.5 Å². The van der Waals surface area contributed by atoms with E-state index < -0.39 is 4.92 Å². The minimum Gasteiger partial charge on any atom is -0.351 e. The zero-order chi connectivity index (χ0) is 17.2. The molecule has 0 aromatic carbocycles. The molecule has 0 aliphatic heterocycles. The highest BCUT2D eigenvalue weighted by molar-refractivity contribution is 5.71. The molecule has 0 fully saturated rings. The summed E-state index contributed by atoms with van der Waals surface area (Å²) in [5, 5.41) is 29.1. The van der Waals surface area contributed by atoms with E-state index in [2.05, 4.69) is 9.97 Å². The largest absolute Gasteiger partial charge is 0.353 e. The van der Waals surface area contributed by atoms with Gasteiger partial charge >= 0.3 is 5.69 Å². The summed E-state index contributed by atoms with van der Waals surface area (Å²) in [6, 6.07) is 4.01. The van der Waals surface area contributed by atoms with Crippen LogP contribution in [0.2, 0.25) is 0 Å². The van der Waals surface area contributed by atoms with Crippen molar-refractivity contribution < 1.29 is 4.92 Å². The number of hydrogen-bond donors (Lipinski definition) is 0. The Morgan fingerprint density at radius 2 is 1.57 bits per heavy atom. The quantitative estimate of drug-likeness (QED) is 0.499. The molecule has 0 saturated carbocycles. The van der Waals surface area contributed by atoms with Crippen LogP contribution in [0, 0.1) is 32.8 Å². The summed E-state index contributed by atoms with van der Waals surface area (Å²) >= 11 is 0. The molecule has 0 atom stereocenters. The van der Waals surface area contributed by atoms with Gasteiger partial charge in [0.05, 0.1) is 29.9 Å². The average Bonchev–Trinajstić information content (AvgIpc) is 2.56. The Balaban J connectivity index is 3.36. The molecular formula is C14H19N7O2. The topological polar surface area (TPSA) is 123 Å². The van der Waals surface area contributed by atoms with Crippen molar-refractivity contribution in [2.75, 3.05) is 36.0 Å². The fourth-order valence-corrected chi connectivity index (χ4v) is 2.20. The van der Waals surface area contributed by atoms with Crippen molar-refractivity contribution in [2.45, 2.75) is 26.7 Å². The Bertz CT molecular complexity index is 599. The Morgan fingerprint density at radius 1 is 1.09 bits per heavy atom. The number of aromatic nitrogens is 2. The van der Waals surface area contributed by atoms with Crippen LogP contribution in [0.1, 0.15) is 26.7 Å². The SMILES string of the molecule is CCN(CC)c1ncnc(N(CCC#N)CCC#N)c1[N+](=O)[O-]. The molecule has 9 nitrogen and oxygen atoms in total. The molecular weight excluding hydrogens is 298 g/mol. The summed E-state index contributed by atoms with van der Waals surface area (Å²) in [7, 11) is 0. The molecule has 0 saturated heterocycles. The van der Waals surface area contributed by atoms with Gasteiger partial charge in [-0.2, -0.15) is 10.5 Å². The van der Waals surface area contributed by atoms with Gasteiger partial charge in [-0.15, -0.1) is 0 Å². The van der Waals surface area contributed by atoms with E-state index in [1.165, 1.54) is 6.33 Å². The van der Waals surface area contributed by atoms with E-state index in [-0.39, 0.29) is 43.3 Å². The molecule has 0 N–H and O–H groups in total. The van der Waals surface area contributed by atoms with Gasteiger partial charge in [-0.3, -0.25) is 10.1 Å². The van der Waals surface area contributed by atoms with E-state index in [0.717, 1.165) is 0 Å². The first-order valence-corrected chi connectivity index (χ1v) is 7.33. The molecule has 1 aromatic rings. The van der Waals surface area contributed by atoms with Crippen LogP contribution in [-0.4, -0.2) is 41.1 Å². The maximum atomic E-state index is 11.6. The number of nitro groups is 1. The predicted octanol–water partition coefficient (Wildman–Crippen LogP) is 1.86. The van der Waals surface area contributed by atoms with Gasteiger partial charge in [-0.25, -0.2) is 9.97 Å². The standard InChI is InChI=1S/C14H19N7O2/c1-3-19(4-2)13-12(21(22)23)14(18-11-17-13)20(9-5-7-15)10-6-8-16/h11H,3-6,9-10H2,1-2H3. The number of anilines is 2. The molecule has 23 heavy (non-hydrogen) atoms. The van der Waals surface area contributed by atoms with Crippen molar-refractivity contribution in [3.8, 4) is 12.1 Å². The van der Waals surface area contributed by atoms with Gasteiger partial charge in [-0.05, 0) is 13.8 Å². The second-order valence-electron chi connectivity index (χ2n) is 4.60. The summed E-state index contributed by atoms with van der Waals surface area (Å²) in [5.41, 5.74) is -0.188. The van der Waals surface area contributed by atoms with E-state index in [0.29, 0.717) is 13.1 Å². The molecule has 1 rings (SSSR count). The van der Waals surface area contributed by atoms with Gasteiger partial charge in [-0.1, -0.05) is 0 Å². The maximum Gasteiger partial charge on any atom is 0.353 e. The van der Waals surface area contributed by atoms with Crippen molar-refractivity contribution in [3.05, 3.63) is 16.4 Å². The molecule has 0 unspecified atom stereocenters. The fourth-order valence-electron chi connectivity index (χ4n) is 2.20. The molecule has 0 aliphatic carbocycles. The Labute approximate surface area is 134 Å². The van der Waals surface area contributed by atoms with Gasteiger partial charge in [0.1, 0.15) is 6.33 Å². The van der Waals surface area contributed by atoms with Crippen molar-refractivity contribution >= 4 is 17.3 Å². The van der Waals surface area contributed by atoms with Crippen molar-refractivity contribution in [1.82, 2.24) is 9.97 Å². The zero-order valence-electron chi connectivity index (χ0n) is 13.3. The zero-order valence-corrected chi connectivity index (χ0v) is 13.3. The molecule has 0 spiro atoms. The molecule has 9 heteroatoms. The lowest BCUT2D eigenvalue weighted by molar-refractivity contribution is -0.383. The van der Waals surface area contributed by atoms with Crippen molar-refractivity contribution in [1.29, 1.82) is 10.5 Å². The summed E-state index contributed by atoms with van der Waals surface area (Å²) in [4.78, 5) is 22.5. The minimum atomic E-state index is -0.505. The Kier molecular flexibility index (Phi) is 7.21. The van der Waals surface area contributed by atoms with Crippen molar-refractivity contribution in [3.63, 3.8) is 0 Å². The van der Waals surface area contributed by atoms with Crippen LogP contribution in [0.25, 0.3) is 0 Å². The fraction of sp³-hybridized carbons (Fsp3) is 0.571. The third kappa shape index (κ3) is 4.51. The summed E-state index contributed by atoms with van der Waals surface area (Å²) in [5.74, 6) is 0.404. The Morgan fingerprint density at radius 3 is 1.96 bits per heavy atom. The number of nitrogens with zero attached hydrogens (tertiary/aromatic N) is 7. The van der Waals surface area contributed by atoms with Gasteiger partial charge < -0.3 is 9.80 Å². The highest BCUT2D eigenvalue weighted by atomic mass is 16.6. The number of hydrogen-bond acceptors (Lipinski definition) is 8. The first kappa shape index (κ1) is 18.1. The lowest BCUT2D eigenvalue weighted by Crippen LogP contribution is -2.29. The third-order valence-corrected chi connectivity index (χ3v) is 3.32. The van der Waals surface area contributed by atoms with Crippen LogP contribution in [0.5, 0.6) is 0 Å². The monoisotopic (exact) mass is 317 g/mol. The van der Waals surface area contributed by atoms with Crippen LogP contribution < -0.4 is 9.80 Å². The molecule has 0 bridgehead atoms. The normalized spacial score (nSPS) is 9.74. The summed E-state index contributed by atoms with van der Waals surface area (Å²) in [6.07, 6.45) is 1.65. The van der Waals surface area contributed by atoms with E-state index in [1.807, 2.05) is 26.0 Å². The molecule has 0 radical (unpaired) electrons. The van der Waals surface area contributed by atoms with E-state index in [9.17, 15) is 10.1 Å². The summed E-state index contributed by atoms with van der Waals surface area (Å²) in [6.45, 7) is 5.46. The average molecular weight is 317 g/mol. The highest BCUT2D eigenvalue weighted by Crippen LogP contribution is 2.34. The lowest BCUT2D eigenvalue weighted by Gasteiger charge is -2.24. The predicted molar refractivity (Wildman–Crippen MR) is 84.9 cm³/mol. The molecule has 0 aliphatic rings. The number of rotatable bonds is 9. The van der Waals surface area contributed by atoms with E-state index >= 15 is 0 Å². The van der Waals surface area contributed by atoms with Gasteiger partial charge in [0.2, 0.25) is 11.6 Å². The first-order valence-electron chi connectivity index (χ1n) is 7.33. The highest BCUT2D eigenvalue weighted by Gasteiger charge is 2.29. The molecule has 122 valence electrons. The minimum absolute atomic E-state index is 0.150. The Hall–Kier alpha value is -2.94. The molecule has 1 aromatic heterocycles. The van der Waals surface area contributed by atoms with Gasteiger partial charge in [0, 0.05) is 26.2 Å². The number of nitriles is 2. The van der Waals surface area contributed by atoms with E-state index in [1.54, 1.807) is 9.80 Å². The molecule has 0 amide bonds. The first-order chi connectivity index (χ1) is 11.1. The van der Waals surface area contributed by atoms with Crippen molar-refractivity contribution in [2.24, 2.45) is 0 Å². The maximum absolute atomic E-state index is 11.6. The second-order valence-corrected chi connectivity index (χ2v) is 4.60. The third-order valence-electron chi connectivity index (χ3n) is 3.32. The molecule has 1 heterocycles. The van der Waals surface area contributed by atoms with Gasteiger partial charge in [0.15, 0.2) is 0 Å². The van der Waals surface area contributed by atoms with Crippen LogP contribution >= 0.6 is 0 Å². The van der Waals surface area contributed by atoms with Crippen LogP contribution in [-0.2, 0) is 0 Å². The lowest BCUT2D eigenvalue weighted by atomic mass is 10.3. The summed E-state index contributed by atoms with van der Waals surface area (Å²) < 4.78 is 0. The van der Waals surface area contributed by atoms with Crippen LogP contribution in [0.4, 0.5) is 17.3 Å². The van der Waals surface area contributed by atoms with Crippen LogP contribution in [0.3, 0.4) is 0 Å².